The number of aromatic nitrogens is 4. The number of thiazole rings is 1. The van der Waals surface area contributed by atoms with Crippen LogP contribution in [-0.2, 0) is 14.6 Å². The number of nitrogens with two attached hydrogens (primary N) is 1. The van der Waals surface area contributed by atoms with Crippen LogP contribution in [0.25, 0.3) is 0 Å². The molecule has 4 N–H and O–H groups in total. The average Bonchev–Trinajstić information content (AvgIpc) is 3.29. The van der Waals surface area contributed by atoms with Gasteiger partial charge in [0.15, 0.2) is 5.13 Å². The number of carbonyl (C=O) groups excluding carboxylic acids is 1. The number of nitro groups is 1. The summed E-state index contributed by atoms with van der Waals surface area (Å²) in [6.45, 7) is 0. The molecule has 0 radical (unpaired) electrons. The van der Waals surface area contributed by atoms with Crippen LogP contribution in [0.4, 0.5) is 16.8 Å². The van der Waals surface area contributed by atoms with Crippen molar-refractivity contribution in [1.82, 2.24) is 20.2 Å². The van der Waals surface area contributed by atoms with Gasteiger partial charge in [-0.15, -0.1) is 5.10 Å². The first-order chi connectivity index (χ1) is 13.3. The standard InChI is InChI=1S/C13H11N7O5S3/c14-11-17-13(19-18-11)26-6-9(21)16-12-15-5-10(27-12)28(24,25)8-3-1-7(2-4-8)20(22)23/h1-5H,6H2,(H,15,16,21)(H3,14,17,18,19). The molecule has 0 saturated carbocycles. The third-order valence-electron chi connectivity index (χ3n) is 3.17. The van der Waals surface area contributed by atoms with E-state index in [2.05, 4.69) is 25.5 Å². The van der Waals surface area contributed by atoms with E-state index >= 15 is 0 Å². The minimum atomic E-state index is -3.91. The van der Waals surface area contributed by atoms with Gasteiger partial charge < -0.3 is 11.1 Å². The van der Waals surface area contributed by atoms with Gasteiger partial charge in [-0.3, -0.25) is 14.9 Å². The number of rotatable bonds is 7. The summed E-state index contributed by atoms with van der Waals surface area (Å²) in [5.74, 6) is -0.327. The van der Waals surface area contributed by atoms with Crippen LogP contribution in [0.3, 0.4) is 0 Å². The smallest absolute Gasteiger partial charge is 0.269 e. The Balaban J connectivity index is 1.66. The van der Waals surface area contributed by atoms with Crippen molar-refractivity contribution in [1.29, 1.82) is 0 Å². The Kier molecular flexibility index (Phi) is 5.57. The number of nitrogens with one attached hydrogen (secondary N) is 2. The Hall–Kier alpha value is -3.04. The first kappa shape index (κ1) is 19.7. The molecular weight excluding hydrogens is 430 g/mol. The van der Waals surface area contributed by atoms with Gasteiger partial charge >= 0.3 is 0 Å². The molecule has 0 atom stereocenters. The second kappa shape index (κ2) is 7.91. The molecule has 3 aromatic rings. The molecule has 15 heteroatoms. The van der Waals surface area contributed by atoms with E-state index in [4.69, 9.17) is 5.73 Å². The van der Waals surface area contributed by atoms with Crippen LogP contribution < -0.4 is 11.1 Å². The molecule has 28 heavy (non-hydrogen) atoms. The number of thioether (sulfide) groups is 1. The number of nitrogens with zero attached hydrogens (tertiary/aromatic N) is 4. The predicted molar refractivity (Wildman–Crippen MR) is 101 cm³/mol. The van der Waals surface area contributed by atoms with Gasteiger partial charge in [0.1, 0.15) is 4.21 Å². The molecule has 12 nitrogen and oxygen atoms in total. The van der Waals surface area contributed by atoms with Gasteiger partial charge in [0.05, 0.1) is 21.8 Å². The molecule has 0 aliphatic rings. The lowest BCUT2D eigenvalue weighted by Gasteiger charge is -2.01. The molecule has 1 aromatic carbocycles. The molecule has 2 aromatic heterocycles. The molecule has 0 fully saturated rings. The summed E-state index contributed by atoms with van der Waals surface area (Å²) >= 11 is 1.81. The number of anilines is 2. The van der Waals surface area contributed by atoms with Crippen molar-refractivity contribution in [2.45, 2.75) is 14.3 Å². The van der Waals surface area contributed by atoms with Crippen molar-refractivity contribution in [3.05, 3.63) is 40.6 Å². The van der Waals surface area contributed by atoms with E-state index in [9.17, 15) is 23.3 Å². The van der Waals surface area contributed by atoms with E-state index < -0.39 is 20.7 Å². The molecule has 0 aliphatic heterocycles. The maximum absolute atomic E-state index is 12.6. The van der Waals surface area contributed by atoms with Crippen molar-refractivity contribution < 1.29 is 18.1 Å². The fraction of sp³-hybridized carbons (Fsp3) is 0.0769. The summed E-state index contributed by atoms with van der Waals surface area (Å²) in [5, 5.41) is 19.8. The van der Waals surface area contributed by atoms with Gasteiger partial charge in [-0.1, -0.05) is 23.1 Å². The number of carbonyl (C=O) groups is 1. The van der Waals surface area contributed by atoms with Crippen molar-refractivity contribution in [2.75, 3.05) is 16.8 Å². The Morgan fingerprint density at radius 2 is 2.07 bits per heavy atom. The highest BCUT2D eigenvalue weighted by Crippen LogP contribution is 2.29. The van der Waals surface area contributed by atoms with Gasteiger partial charge in [-0.2, -0.15) is 4.98 Å². The Morgan fingerprint density at radius 3 is 2.68 bits per heavy atom. The molecule has 0 saturated heterocycles. The van der Waals surface area contributed by atoms with Crippen LogP contribution in [0.1, 0.15) is 0 Å². The number of sulfone groups is 1. The molecule has 146 valence electrons. The third kappa shape index (κ3) is 4.44. The van der Waals surface area contributed by atoms with Gasteiger partial charge in [0, 0.05) is 12.1 Å². The Labute approximate surface area is 165 Å². The lowest BCUT2D eigenvalue weighted by Crippen LogP contribution is -2.13. The number of hydrogen-bond acceptors (Lipinski definition) is 11. The highest BCUT2D eigenvalue weighted by atomic mass is 32.2. The van der Waals surface area contributed by atoms with Gasteiger partial charge in [-0.05, 0) is 12.1 Å². The maximum atomic E-state index is 12.6. The Bertz CT molecular complexity index is 1120. The van der Waals surface area contributed by atoms with Crippen molar-refractivity contribution in [3.8, 4) is 0 Å². The number of nitro benzene ring substituents is 1. The van der Waals surface area contributed by atoms with E-state index in [0.29, 0.717) is 5.16 Å². The zero-order chi connectivity index (χ0) is 20.3. The highest BCUT2D eigenvalue weighted by molar-refractivity contribution is 7.99. The lowest BCUT2D eigenvalue weighted by atomic mass is 10.3. The monoisotopic (exact) mass is 441 g/mol. The largest absolute Gasteiger partial charge is 0.368 e. The van der Waals surface area contributed by atoms with Crippen molar-refractivity contribution in [2.24, 2.45) is 0 Å². The summed E-state index contributed by atoms with van der Waals surface area (Å²) in [4.78, 5) is 29.6. The molecule has 2 heterocycles. The highest BCUT2D eigenvalue weighted by Gasteiger charge is 2.22. The number of benzene rings is 1. The van der Waals surface area contributed by atoms with E-state index in [1.807, 2.05) is 0 Å². The van der Waals surface area contributed by atoms with E-state index in [1.165, 1.54) is 0 Å². The second-order valence-electron chi connectivity index (χ2n) is 5.08. The first-order valence-electron chi connectivity index (χ1n) is 7.31. The summed E-state index contributed by atoms with van der Waals surface area (Å²) < 4.78 is 25.1. The molecular formula is C13H11N7O5S3. The summed E-state index contributed by atoms with van der Waals surface area (Å²) in [7, 11) is -3.91. The molecule has 1 amide bonds. The van der Waals surface area contributed by atoms with Crippen molar-refractivity contribution in [3.63, 3.8) is 0 Å². The van der Waals surface area contributed by atoms with E-state index in [-0.39, 0.29) is 31.6 Å². The van der Waals surface area contributed by atoms with E-state index in [0.717, 1.165) is 53.6 Å². The topological polar surface area (TPSA) is 187 Å². The van der Waals surface area contributed by atoms with Crippen LogP contribution in [0.5, 0.6) is 0 Å². The van der Waals surface area contributed by atoms with Gasteiger partial charge in [0.25, 0.3) is 5.69 Å². The van der Waals surface area contributed by atoms with Crippen LogP contribution in [-0.4, -0.2) is 45.2 Å². The number of H-pyrrole nitrogens is 1. The number of hydrogen-bond donors (Lipinski definition) is 3. The number of non-ortho nitro benzene ring substituents is 1. The number of nitrogen functional groups attached to an aromatic ring is 1. The minimum absolute atomic E-state index is 0.0265. The second-order valence-corrected chi connectivity index (χ2v) is 9.23. The van der Waals surface area contributed by atoms with Crippen molar-refractivity contribution >= 4 is 55.6 Å². The normalized spacial score (nSPS) is 11.3. The summed E-state index contributed by atoms with van der Waals surface area (Å²) in [5.41, 5.74) is 5.16. The molecule has 0 spiro atoms. The molecule has 0 aliphatic carbocycles. The SMILES string of the molecule is Nc1nc(SCC(=O)Nc2ncc(S(=O)(=O)c3ccc([N+](=O)[O-])cc3)s2)n[nH]1. The molecule has 0 unspecified atom stereocenters. The average molecular weight is 441 g/mol. The predicted octanol–water partition coefficient (Wildman–Crippen LogP) is 1.32. The first-order valence-corrected chi connectivity index (χ1v) is 10.6. The van der Waals surface area contributed by atoms with Gasteiger partial charge in [0.2, 0.25) is 26.8 Å². The van der Waals surface area contributed by atoms with Gasteiger partial charge in [-0.25, -0.2) is 18.5 Å². The lowest BCUT2D eigenvalue weighted by molar-refractivity contribution is -0.384. The summed E-state index contributed by atoms with van der Waals surface area (Å²) in [6.07, 6.45) is 1.11. The maximum Gasteiger partial charge on any atom is 0.269 e. The zero-order valence-corrected chi connectivity index (χ0v) is 16.2. The third-order valence-corrected chi connectivity index (χ3v) is 7.16. The zero-order valence-electron chi connectivity index (χ0n) is 13.7. The minimum Gasteiger partial charge on any atom is -0.368 e. The quantitative estimate of drug-likeness (QED) is 0.274. The number of amides is 1. The number of aromatic amines is 1. The van der Waals surface area contributed by atoms with Crippen LogP contribution in [0.15, 0.2) is 44.7 Å². The van der Waals surface area contributed by atoms with Crippen LogP contribution in [0, 0.1) is 10.1 Å². The molecule has 3 rings (SSSR count). The van der Waals surface area contributed by atoms with Crippen LogP contribution >= 0.6 is 23.1 Å². The van der Waals surface area contributed by atoms with E-state index in [1.54, 1.807) is 0 Å². The van der Waals surface area contributed by atoms with Crippen LogP contribution in [0.2, 0.25) is 0 Å². The fourth-order valence-corrected chi connectivity index (χ4v) is 4.97. The fourth-order valence-electron chi connectivity index (χ4n) is 1.91. The molecule has 0 bridgehead atoms. The Morgan fingerprint density at radius 1 is 1.36 bits per heavy atom. The summed E-state index contributed by atoms with van der Waals surface area (Å²) in [6, 6.07) is 4.49.